The number of aromatic hydroxyl groups is 1. The summed E-state index contributed by atoms with van der Waals surface area (Å²) >= 11 is 0. The van der Waals surface area contributed by atoms with Gasteiger partial charge in [0.15, 0.2) is 0 Å². The number of aryl methyl sites for hydroxylation is 1. The molecule has 0 aliphatic rings. The van der Waals surface area contributed by atoms with Crippen LogP contribution >= 0.6 is 0 Å². The maximum absolute atomic E-state index is 11.0. The van der Waals surface area contributed by atoms with E-state index in [1.165, 1.54) is 0 Å². The molecular weight excluding hydrogens is 394 g/mol. The van der Waals surface area contributed by atoms with E-state index < -0.39 is 0 Å². The van der Waals surface area contributed by atoms with Crippen LogP contribution in [-0.2, 0) is 10.8 Å². The second kappa shape index (κ2) is 8.65. The van der Waals surface area contributed by atoms with Gasteiger partial charge in [0, 0.05) is 46.7 Å². The first-order valence-electron chi connectivity index (χ1n) is 11.4. The number of nitrogens with zero attached hydrogens (tertiary/aromatic N) is 2. The van der Waals surface area contributed by atoms with E-state index in [2.05, 4.69) is 94.7 Å². The fourth-order valence-electron chi connectivity index (χ4n) is 4.04. The summed E-state index contributed by atoms with van der Waals surface area (Å²) in [5.41, 5.74) is 6.60. The van der Waals surface area contributed by atoms with Gasteiger partial charge in [-0.05, 0) is 55.9 Å². The summed E-state index contributed by atoms with van der Waals surface area (Å²) in [5.74, 6) is 1.20. The van der Waals surface area contributed by atoms with Gasteiger partial charge in [0.05, 0.1) is 5.69 Å². The number of hydrogen-bond donors (Lipinski definition) is 2. The molecule has 0 saturated heterocycles. The Morgan fingerprint density at radius 3 is 1.91 bits per heavy atom. The molecule has 2 aromatic carbocycles. The number of aromatic amines is 1. The van der Waals surface area contributed by atoms with E-state index in [4.69, 9.17) is 11.9 Å². The quantitative estimate of drug-likeness (QED) is 0.462. The number of phenols is 1. The number of H-pyrrole nitrogens is 1. The van der Waals surface area contributed by atoms with Crippen LogP contribution in [-0.4, -0.2) is 28.2 Å². The fraction of sp³-hybridized carbons (Fsp3) is 0.429. The lowest BCUT2D eigenvalue weighted by Gasteiger charge is -2.28. The number of nitrogens with one attached hydrogen (secondary N) is 1. The standard InChI is InChI=1S/C28H37N3O/c1-10-31(11-2)21-14-12-19(13-15-21)24-18(3)29-26(30-24)20-16-22(27(4,5)6)25(32)23(17-20)28(7,8)9/h1,12-17,32H,10-11H2,2-9H3,(H,29,30). The molecule has 0 bridgehead atoms. The molecule has 3 rings (SSSR count). The minimum Gasteiger partial charge on any atom is -0.507 e. The Kier molecular flexibility index (Phi) is 6.46. The molecule has 0 fully saturated rings. The van der Waals surface area contributed by atoms with E-state index in [1.54, 1.807) is 0 Å². The van der Waals surface area contributed by atoms with E-state index in [0.29, 0.717) is 12.3 Å². The van der Waals surface area contributed by atoms with Crippen LogP contribution in [0.15, 0.2) is 36.4 Å². The minimum atomic E-state index is -0.186. The van der Waals surface area contributed by atoms with Gasteiger partial charge in [-0.3, -0.25) is 0 Å². The molecule has 2 radical (unpaired) electrons. The third-order valence-corrected chi connectivity index (χ3v) is 5.99. The number of imidazole rings is 1. The van der Waals surface area contributed by atoms with Crippen LogP contribution in [0.4, 0.5) is 5.69 Å². The molecule has 0 saturated carbocycles. The molecule has 0 aliphatic heterocycles. The van der Waals surface area contributed by atoms with Gasteiger partial charge in [-0.1, -0.05) is 53.7 Å². The van der Waals surface area contributed by atoms with Gasteiger partial charge >= 0.3 is 0 Å². The third-order valence-electron chi connectivity index (χ3n) is 5.99. The van der Waals surface area contributed by atoms with E-state index in [9.17, 15) is 5.11 Å². The summed E-state index contributed by atoms with van der Waals surface area (Å²) in [5, 5.41) is 11.0. The lowest BCUT2D eigenvalue weighted by atomic mass is 9.78. The first kappa shape index (κ1) is 23.9. The molecule has 0 aliphatic carbocycles. The van der Waals surface area contributed by atoms with Crippen molar-refractivity contribution < 1.29 is 5.11 Å². The number of benzene rings is 2. The third kappa shape index (κ3) is 4.69. The van der Waals surface area contributed by atoms with Gasteiger partial charge < -0.3 is 15.0 Å². The molecule has 2 N–H and O–H groups in total. The highest BCUT2D eigenvalue weighted by Crippen LogP contribution is 2.42. The van der Waals surface area contributed by atoms with Gasteiger partial charge in [0.2, 0.25) is 0 Å². The number of anilines is 1. The summed E-state index contributed by atoms with van der Waals surface area (Å²) in [6.07, 6.45) is 0. The SMILES string of the molecule is [CH]CN(CC)c1ccc(-c2nc(-c3cc(C(C)(C)C)c(O)c(C(C)(C)C)c3)[nH]c2C)cc1. The molecule has 0 unspecified atom stereocenters. The molecule has 1 aromatic heterocycles. The predicted molar refractivity (Wildman–Crippen MR) is 135 cm³/mol. The zero-order valence-electron chi connectivity index (χ0n) is 20.8. The normalized spacial score (nSPS) is 12.3. The molecule has 1 heterocycles. The van der Waals surface area contributed by atoms with Crippen molar-refractivity contribution in [3.05, 3.63) is 60.1 Å². The summed E-state index contributed by atoms with van der Waals surface area (Å²) < 4.78 is 0. The van der Waals surface area contributed by atoms with E-state index in [1.807, 2.05) is 6.92 Å². The Morgan fingerprint density at radius 1 is 0.938 bits per heavy atom. The van der Waals surface area contributed by atoms with Gasteiger partial charge in [-0.15, -0.1) is 0 Å². The lowest BCUT2D eigenvalue weighted by molar-refractivity contribution is 0.423. The lowest BCUT2D eigenvalue weighted by Crippen LogP contribution is -2.21. The number of hydrogen-bond acceptors (Lipinski definition) is 3. The van der Waals surface area contributed by atoms with Gasteiger partial charge in [0.1, 0.15) is 11.6 Å². The minimum absolute atomic E-state index is 0.186. The molecule has 3 aromatic rings. The number of aromatic nitrogens is 2. The summed E-state index contributed by atoms with van der Waals surface area (Å²) in [4.78, 5) is 10.6. The Labute approximate surface area is 193 Å². The second-order valence-corrected chi connectivity index (χ2v) is 10.6. The molecular formula is C28H37N3O. The summed E-state index contributed by atoms with van der Waals surface area (Å²) in [6, 6.07) is 12.5. The Balaban J connectivity index is 2.09. The van der Waals surface area contributed by atoms with E-state index in [-0.39, 0.29) is 10.8 Å². The highest BCUT2D eigenvalue weighted by molar-refractivity contribution is 5.71. The van der Waals surface area contributed by atoms with Crippen LogP contribution in [0.1, 0.15) is 65.3 Å². The molecule has 32 heavy (non-hydrogen) atoms. The first-order valence-corrected chi connectivity index (χ1v) is 11.4. The highest BCUT2D eigenvalue weighted by atomic mass is 16.3. The van der Waals surface area contributed by atoms with Crippen molar-refractivity contribution in [3.63, 3.8) is 0 Å². The number of phenolic OH excluding ortho intramolecular Hbond substituents is 1. The monoisotopic (exact) mass is 431 g/mol. The van der Waals surface area contributed by atoms with Gasteiger partial charge in [-0.2, -0.15) is 0 Å². The van der Waals surface area contributed by atoms with Crippen LogP contribution in [0, 0.1) is 13.8 Å². The predicted octanol–water partition coefficient (Wildman–Crippen LogP) is 6.89. The summed E-state index contributed by atoms with van der Waals surface area (Å²) in [6.45, 7) is 24.1. The van der Waals surface area contributed by atoms with Crippen LogP contribution in [0.2, 0.25) is 0 Å². The highest BCUT2D eigenvalue weighted by Gasteiger charge is 2.27. The topological polar surface area (TPSA) is 52.1 Å². The summed E-state index contributed by atoms with van der Waals surface area (Å²) in [7, 11) is 0. The number of rotatable bonds is 5. The first-order chi connectivity index (χ1) is 14.9. The molecule has 4 heteroatoms. The Morgan fingerprint density at radius 2 is 1.47 bits per heavy atom. The average Bonchev–Trinajstić information content (AvgIpc) is 3.09. The molecule has 0 spiro atoms. The maximum atomic E-state index is 11.0. The Hall–Kier alpha value is -2.75. The van der Waals surface area contributed by atoms with Crippen LogP contribution in [0.3, 0.4) is 0 Å². The molecule has 0 amide bonds. The van der Waals surface area contributed by atoms with Crippen molar-refractivity contribution in [2.24, 2.45) is 0 Å². The van der Waals surface area contributed by atoms with E-state index in [0.717, 1.165) is 51.7 Å². The molecule has 4 nitrogen and oxygen atoms in total. The van der Waals surface area contributed by atoms with Crippen molar-refractivity contribution in [3.8, 4) is 28.4 Å². The van der Waals surface area contributed by atoms with E-state index >= 15 is 0 Å². The maximum Gasteiger partial charge on any atom is 0.138 e. The smallest absolute Gasteiger partial charge is 0.138 e. The van der Waals surface area contributed by atoms with Crippen molar-refractivity contribution in [1.82, 2.24) is 9.97 Å². The van der Waals surface area contributed by atoms with Gasteiger partial charge in [0.25, 0.3) is 0 Å². The average molecular weight is 432 g/mol. The zero-order valence-corrected chi connectivity index (χ0v) is 20.8. The van der Waals surface area contributed by atoms with Crippen molar-refractivity contribution in [2.75, 3.05) is 18.0 Å². The fourth-order valence-corrected chi connectivity index (χ4v) is 4.04. The van der Waals surface area contributed by atoms with Crippen LogP contribution < -0.4 is 4.90 Å². The second-order valence-electron chi connectivity index (χ2n) is 10.6. The zero-order chi connectivity index (χ0) is 23.8. The van der Waals surface area contributed by atoms with Crippen LogP contribution in [0.25, 0.3) is 22.6 Å². The molecule has 0 atom stereocenters. The van der Waals surface area contributed by atoms with Crippen molar-refractivity contribution in [2.45, 2.75) is 66.2 Å². The van der Waals surface area contributed by atoms with Gasteiger partial charge in [-0.25, -0.2) is 4.98 Å². The van der Waals surface area contributed by atoms with Crippen molar-refractivity contribution in [1.29, 1.82) is 0 Å². The molecule has 170 valence electrons. The van der Waals surface area contributed by atoms with Crippen LogP contribution in [0.5, 0.6) is 5.75 Å². The Bertz CT molecular complexity index is 1040. The largest absolute Gasteiger partial charge is 0.507 e. The van der Waals surface area contributed by atoms with Crippen molar-refractivity contribution >= 4 is 5.69 Å².